The first-order chi connectivity index (χ1) is 8.04. The monoisotopic (exact) mass is 301 g/mol. The molecule has 1 N–H and O–H groups in total. The normalized spacial score (nSPS) is 13.1. The summed E-state index contributed by atoms with van der Waals surface area (Å²) >= 11 is 3.23. The second kappa shape index (κ2) is 7.12. The average molecular weight is 302 g/mol. The first-order valence-corrected chi connectivity index (χ1v) is 6.96. The van der Waals surface area contributed by atoms with Gasteiger partial charge in [0.1, 0.15) is 5.82 Å². The van der Waals surface area contributed by atoms with Crippen molar-refractivity contribution < 1.29 is 4.39 Å². The lowest BCUT2D eigenvalue weighted by Gasteiger charge is -2.17. The van der Waals surface area contributed by atoms with Crippen LogP contribution in [-0.2, 0) is 0 Å². The lowest BCUT2D eigenvalue weighted by atomic mass is 9.98. The Kier molecular flexibility index (Phi) is 6.14. The summed E-state index contributed by atoms with van der Waals surface area (Å²) in [6.45, 7) is 4.48. The van der Waals surface area contributed by atoms with E-state index in [4.69, 9.17) is 0 Å². The summed E-state index contributed by atoms with van der Waals surface area (Å²) in [5, 5.41) is 3.30. The molecule has 0 amide bonds. The van der Waals surface area contributed by atoms with E-state index in [1.165, 1.54) is 18.9 Å². The van der Waals surface area contributed by atoms with Gasteiger partial charge >= 0.3 is 0 Å². The Morgan fingerprint density at radius 1 is 1.29 bits per heavy atom. The van der Waals surface area contributed by atoms with E-state index in [1.54, 1.807) is 0 Å². The Labute approximate surface area is 112 Å². The van der Waals surface area contributed by atoms with Crippen LogP contribution in [0.4, 0.5) is 4.39 Å². The number of rotatable bonds is 6. The Morgan fingerprint density at radius 2 is 2.00 bits per heavy atom. The van der Waals surface area contributed by atoms with E-state index >= 15 is 0 Å². The van der Waals surface area contributed by atoms with Crippen LogP contribution >= 0.6 is 15.9 Å². The zero-order chi connectivity index (χ0) is 12.8. The van der Waals surface area contributed by atoms with E-state index in [-0.39, 0.29) is 5.82 Å². The van der Waals surface area contributed by atoms with Gasteiger partial charge in [-0.2, -0.15) is 0 Å². The molecule has 1 unspecified atom stereocenters. The molecule has 0 fully saturated rings. The number of halogens is 2. The highest BCUT2D eigenvalue weighted by atomic mass is 79.9. The molecule has 0 bridgehead atoms. The van der Waals surface area contributed by atoms with Crippen LogP contribution in [0.15, 0.2) is 22.7 Å². The van der Waals surface area contributed by atoms with Crippen molar-refractivity contribution in [1.29, 1.82) is 0 Å². The molecule has 3 heteroatoms. The molecule has 1 atom stereocenters. The SMILES string of the molecule is CNC(CCCC(C)C)c1ccc(F)c(Br)c1. The summed E-state index contributed by atoms with van der Waals surface area (Å²) in [4.78, 5) is 0. The molecule has 1 aromatic rings. The van der Waals surface area contributed by atoms with Gasteiger partial charge in [-0.3, -0.25) is 0 Å². The van der Waals surface area contributed by atoms with E-state index < -0.39 is 0 Å². The highest BCUT2D eigenvalue weighted by Gasteiger charge is 2.11. The van der Waals surface area contributed by atoms with Crippen LogP contribution in [0.3, 0.4) is 0 Å². The highest BCUT2D eigenvalue weighted by Crippen LogP contribution is 2.25. The van der Waals surface area contributed by atoms with Crippen LogP contribution in [0.5, 0.6) is 0 Å². The lowest BCUT2D eigenvalue weighted by Crippen LogP contribution is -2.16. The molecule has 0 aliphatic heterocycles. The van der Waals surface area contributed by atoms with Gasteiger partial charge in [0, 0.05) is 6.04 Å². The van der Waals surface area contributed by atoms with Gasteiger partial charge in [-0.1, -0.05) is 32.8 Å². The van der Waals surface area contributed by atoms with Gasteiger partial charge in [-0.05, 0) is 53.0 Å². The number of benzene rings is 1. The summed E-state index contributed by atoms with van der Waals surface area (Å²) in [7, 11) is 1.96. The Morgan fingerprint density at radius 3 is 2.53 bits per heavy atom. The topological polar surface area (TPSA) is 12.0 Å². The zero-order valence-electron chi connectivity index (χ0n) is 10.8. The molecule has 0 aliphatic carbocycles. The highest BCUT2D eigenvalue weighted by molar-refractivity contribution is 9.10. The number of nitrogens with one attached hydrogen (secondary N) is 1. The van der Waals surface area contributed by atoms with Gasteiger partial charge in [-0.15, -0.1) is 0 Å². The summed E-state index contributed by atoms with van der Waals surface area (Å²) in [6.07, 6.45) is 3.52. The lowest BCUT2D eigenvalue weighted by molar-refractivity contribution is 0.470. The fourth-order valence-electron chi connectivity index (χ4n) is 1.94. The number of hydrogen-bond acceptors (Lipinski definition) is 1. The molecule has 0 heterocycles. The molecule has 0 aromatic heterocycles. The predicted molar refractivity (Wildman–Crippen MR) is 74.6 cm³/mol. The average Bonchev–Trinajstić information content (AvgIpc) is 2.28. The molecule has 1 aromatic carbocycles. The van der Waals surface area contributed by atoms with Gasteiger partial charge in [0.2, 0.25) is 0 Å². The summed E-state index contributed by atoms with van der Waals surface area (Å²) in [5.41, 5.74) is 1.14. The third kappa shape index (κ3) is 4.76. The molecule has 1 nitrogen and oxygen atoms in total. The summed E-state index contributed by atoms with van der Waals surface area (Å²) in [5.74, 6) is 0.540. The van der Waals surface area contributed by atoms with Crippen molar-refractivity contribution >= 4 is 15.9 Å². The van der Waals surface area contributed by atoms with Crippen LogP contribution < -0.4 is 5.32 Å². The van der Waals surface area contributed by atoms with E-state index in [2.05, 4.69) is 35.1 Å². The standard InChI is InChI=1S/C14H21BrFN/c1-10(2)5-4-6-14(17-3)11-7-8-13(16)12(15)9-11/h7-10,14,17H,4-6H2,1-3H3. The van der Waals surface area contributed by atoms with Crippen LogP contribution in [0.2, 0.25) is 0 Å². The first kappa shape index (κ1) is 14.7. The first-order valence-electron chi connectivity index (χ1n) is 6.16. The van der Waals surface area contributed by atoms with Gasteiger partial charge in [0.05, 0.1) is 4.47 Å². The van der Waals surface area contributed by atoms with Crippen LogP contribution in [0.1, 0.15) is 44.7 Å². The maximum Gasteiger partial charge on any atom is 0.137 e. The molecule has 0 saturated carbocycles. The third-order valence-electron chi connectivity index (χ3n) is 2.97. The van der Waals surface area contributed by atoms with Crippen molar-refractivity contribution in [3.8, 4) is 0 Å². The molecule has 0 aliphatic rings. The molecule has 0 saturated heterocycles. The molecule has 1 rings (SSSR count). The Bertz CT molecular complexity index is 352. The van der Waals surface area contributed by atoms with E-state index in [9.17, 15) is 4.39 Å². The van der Waals surface area contributed by atoms with Crippen molar-refractivity contribution in [2.24, 2.45) is 5.92 Å². The van der Waals surface area contributed by atoms with Crippen molar-refractivity contribution in [3.63, 3.8) is 0 Å². The van der Waals surface area contributed by atoms with E-state index in [0.717, 1.165) is 17.9 Å². The van der Waals surface area contributed by atoms with Gasteiger partial charge in [0.15, 0.2) is 0 Å². The predicted octanol–water partition coefficient (Wildman–Crippen LogP) is 4.68. The van der Waals surface area contributed by atoms with Gasteiger partial charge < -0.3 is 5.32 Å². The minimum Gasteiger partial charge on any atom is -0.313 e. The van der Waals surface area contributed by atoms with Gasteiger partial charge in [-0.25, -0.2) is 4.39 Å². The van der Waals surface area contributed by atoms with Crippen LogP contribution in [-0.4, -0.2) is 7.05 Å². The van der Waals surface area contributed by atoms with Crippen LogP contribution in [0.25, 0.3) is 0 Å². The van der Waals surface area contributed by atoms with Crippen LogP contribution in [0, 0.1) is 11.7 Å². The minimum absolute atomic E-state index is 0.203. The number of hydrogen-bond donors (Lipinski definition) is 1. The second-order valence-electron chi connectivity index (χ2n) is 4.84. The Hall–Kier alpha value is -0.410. The Balaban J connectivity index is 2.62. The fourth-order valence-corrected chi connectivity index (χ4v) is 2.33. The van der Waals surface area contributed by atoms with Gasteiger partial charge in [0.25, 0.3) is 0 Å². The molecule has 0 spiro atoms. The molecule has 96 valence electrons. The van der Waals surface area contributed by atoms with Crippen molar-refractivity contribution in [1.82, 2.24) is 5.32 Å². The smallest absolute Gasteiger partial charge is 0.137 e. The van der Waals surface area contributed by atoms with Crippen molar-refractivity contribution in [2.45, 2.75) is 39.2 Å². The maximum absolute atomic E-state index is 13.2. The summed E-state index contributed by atoms with van der Waals surface area (Å²) < 4.78 is 13.7. The molecule has 17 heavy (non-hydrogen) atoms. The largest absolute Gasteiger partial charge is 0.313 e. The maximum atomic E-state index is 13.2. The molecule has 0 radical (unpaired) electrons. The van der Waals surface area contributed by atoms with E-state index in [1.807, 2.05) is 19.2 Å². The van der Waals surface area contributed by atoms with Crippen molar-refractivity contribution in [2.75, 3.05) is 7.05 Å². The third-order valence-corrected chi connectivity index (χ3v) is 3.58. The second-order valence-corrected chi connectivity index (χ2v) is 5.69. The molecular formula is C14H21BrFN. The minimum atomic E-state index is -0.203. The molecular weight excluding hydrogens is 281 g/mol. The van der Waals surface area contributed by atoms with E-state index in [0.29, 0.717) is 10.5 Å². The van der Waals surface area contributed by atoms with Crippen molar-refractivity contribution in [3.05, 3.63) is 34.1 Å². The fraction of sp³-hybridized carbons (Fsp3) is 0.571. The summed E-state index contributed by atoms with van der Waals surface area (Å²) in [6, 6.07) is 5.56. The zero-order valence-corrected chi connectivity index (χ0v) is 12.3. The quantitative estimate of drug-likeness (QED) is 0.805.